The van der Waals surface area contributed by atoms with E-state index in [4.69, 9.17) is 5.26 Å². The Bertz CT molecular complexity index is 276. The van der Waals surface area contributed by atoms with Crippen molar-refractivity contribution in [3.63, 3.8) is 0 Å². The third kappa shape index (κ3) is 1.09. The topological polar surface area (TPSA) is 23.8 Å². The molecule has 0 aromatic rings. The predicted molar refractivity (Wildman–Crippen MR) is 43.8 cm³/mol. The summed E-state index contributed by atoms with van der Waals surface area (Å²) >= 11 is 0. The lowest BCUT2D eigenvalue weighted by molar-refractivity contribution is 0.849. The van der Waals surface area contributed by atoms with Crippen molar-refractivity contribution in [2.24, 2.45) is 0 Å². The van der Waals surface area contributed by atoms with E-state index >= 15 is 0 Å². The van der Waals surface area contributed by atoms with Crippen LogP contribution in [-0.2, 0) is 0 Å². The molecular formula is C10H11N. The number of rotatable bonds is 0. The van der Waals surface area contributed by atoms with E-state index in [0.717, 1.165) is 18.4 Å². The highest BCUT2D eigenvalue weighted by atomic mass is 14.3. The fraction of sp³-hybridized carbons (Fsp3) is 0.500. The van der Waals surface area contributed by atoms with Gasteiger partial charge in [0, 0.05) is 5.57 Å². The maximum absolute atomic E-state index is 8.67. The summed E-state index contributed by atoms with van der Waals surface area (Å²) < 4.78 is 0. The maximum Gasteiger partial charge on any atom is 0.0947 e. The van der Waals surface area contributed by atoms with Crippen LogP contribution in [0.15, 0.2) is 22.8 Å². The van der Waals surface area contributed by atoms with Crippen molar-refractivity contribution >= 4 is 0 Å². The van der Waals surface area contributed by atoms with Crippen LogP contribution in [0.5, 0.6) is 0 Å². The fourth-order valence-electron chi connectivity index (χ4n) is 1.95. The molecule has 1 nitrogen and oxygen atoms in total. The molecule has 11 heavy (non-hydrogen) atoms. The summed E-state index contributed by atoms with van der Waals surface area (Å²) in [7, 11) is 0. The molecule has 0 saturated carbocycles. The summed E-state index contributed by atoms with van der Waals surface area (Å²) in [5.41, 5.74) is 4.06. The van der Waals surface area contributed by atoms with Gasteiger partial charge in [-0.2, -0.15) is 5.26 Å². The Labute approximate surface area is 67.0 Å². The summed E-state index contributed by atoms with van der Waals surface area (Å²) in [6.07, 6.45) is 8.03. The summed E-state index contributed by atoms with van der Waals surface area (Å²) in [6, 6.07) is 2.24. The minimum Gasteiger partial charge on any atom is -0.193 e. The van der Waals surface area contributed by atoms with Crippen LogP contribution in [0.1, 0.15) is 32.1 Å². The van der Waals surface area contributed by atoms with Crippen LogP contribution in [0.3, 0.4) is 0 Å². The van der Waals surface area contributed by atoms with Gasteiger partial charge in [-0.1, -0.05) is 5.57 Å². The molecule has 2 aliphatic carbocycles. The summed E-state index contributed by atoms with van der Waals surface area (Å²) in [4.78, 5) is 0. The quantitative estimate of drug-likeness (QED) is 0.514. The second-order valence-corrected chi connectivity index (χ2v) is 3.26. The van der Waals surface area contributed by atoms with Crippen LogP contribution in [0.25, 0.3) is 0 Å². The minimum atomic E-state index is 0.977. The number of allylic oxidation sites excluding steroid dienone is 4. The van der Waals surface area contributed by atoms with Crippen LogP contribution in [0, 0.1) is 11.3 Å². The molecule has 0 amide bonds. The molecule has 1 heteroatoms. The van der Waals surface area contributed by atoms with E-state index in [1.165, 1.54) is 24.8 Å². The first-order chi connectivity index (χ1) is 5.40. The number of nitrogens with zero attached hydrogens (tertiary/aromatic N) is 1. The second-order valence-electron chi connectivity index (χ2n) is 3.26. The Balaban J connectivity index is 2.29. The molecule has 0 radical (unpaired) electrons. The Hall–Kier alpha value is -1.03. The van der Waals surface area contributed by atoms with E-state index in [9.17, 15) is 0 Å². The molecule has 0 spiro atoms. The molecule has 0 aliphatic heterocycles. The van der Waals surface area contributed by atoms with E-state index < -0.39 is 0 Å². The van der Waals surface area contributed by atoms with Crippen molar-refractivity contribution in [1.82, 2.24) is 0 Å². The second kappa shape index (κ2) is 2.54. The van der Waals surface area contributed by atoms with Gasteiger partial charge < -0.3 is 0 Å². The monoisotopic (exact) mass is 145 g/mol. The normalized spacial score (nSPS) is 22.6. The SMILES string of the molecule is N#CC1=CC2=C(CCC2)CC1. The zero-order valence-electron chi connectivity index (χ0n) is 6.56. The Morgan fingerprint density at radius 3 is 2.91 bits per heavy atom. The fourth-order valence-corrected chi connectivity index (χ4v) is 1.95. The van der Waals surface area contributed by atoms with Gasteiger partial charge in [0.2, 0.25) is 0 Å². The third-order valence-electron chi connectivity index (χ3n) is 2.57. The van der Waals surface area contributed by atoms with Crippen molar-refractivity contribution in [1.29, 1.82) is 5.26 Å². The molecule has 0 heterocycles. The Kier molecular flexibility index (Phi) is 1.54. The van der Waals surface area contributed by atoms with Crippen LogP contribution in [0.2, 0.25) is 0 Å². The molecule has 0 unspecified atom stereocenters. The molecule has 0 atom stereocenters. The van der Waals surface area contributed by atoms with E-state index in [2.05, 4.69) is 12.1 Å². The summed E-state index contributed by atoms with van der Waals surface area (Å²) in [6.45, 7) is 0. The van der Waals surface area contributed by atoms with E-state index in [1.807, 2.05) is 0 Å². The lowest BCUT2D eigenvalue weighted by Crippen LogP contribution is -1.92. The lowest BCUT2D eigenvalue weighted by Gasteiger charge is -2.09. The van der Waals surface area contributed by atoms with E-state index in [0.29, 0.717) is 0 Å². The smallest absolute Gasteiger partial charge is 0.0947 e. The first-order valence-corrected chi connectivity index (χ1v) is 4.22. The number of hydrogen-bond acceptors (Lipinski definition) is 1. The summed E-state index contributed by atoms with van der Waals surface area (Å²) in [5.74, 6) is 0. The molecule has 0 fully saturated rings. The Morgan fingerprint density at radius 1 is 1.18 bits per heavy atom. The molecule has 0 aromatic heterocycles. The van der Waals surface area contributed by atoms with Gasteiger partial charge in [-0.15, -0.1) is 0 Å². The Morgan fingerprint density at radius 2 is 2.09 bits per heavy atom. The van der Waals surface area contributed by atoms with Gasteiger partial charge in [-0.25, -0.2) is 0 Å². The zero-order valence-corrected chi connectivity index (χ0v) is 6.56. The summed E-state index contributed by atoms with van der Waals surface area (Å²) in [5, 5.41) is 8.67. The zero-order chi connectivity index (χ0) is 7.68. The highest BCUT2D eigenvalue weighted by Crippen LogP contribution is 2.35. The average Bonchev–Trinajstić information content (AvgIpc) is 2.50. The minimum absolute atomic E-state index is 0.977. The van der Waals surface area contributed by atoms with Gasteiger partial charge >= 0.3 is 0 Å². The third-order valence-corrected chi connectivity index (χ3v) is 2.57. The highest BCUT2D eigenvalue weighted by Gasteiger charge is 2.17. The lowest BCUT2D eigenvalue weighted by atomic mass is 9.95. The van der Waals surface area contributed by atoms with Gasteiger partial charge in [-0.05, 0) is 43.8 Å². The molecule has 2 aliphatic rings. The van der Waals surface area contributed by atoms with Crippen molar-refractivity contribution < 1.29 is 0 Å². The first kappa shape index (κ1) is 6.67. The maximum atomic E-state index is 8.67. The molecule has 0 N–H and O–H groups in total. The molecule has 0 bridgehead atoms. The van der Waals surface area contributed by atoms with Crippen molar-refractivity contribution in [2.75, 3.05) is 0 Å². The first-order valence-electron chi connectivity index (χ1n) is 4.22. The van der Waals surface area contributed by atoms with Crippen molar-refractivity contribution in [3.8, 4) is 6.07 Å². The molecule has 56 valence electrons. The van der Waals surface area contributed by atoms with E-state index in [-0.39, 0.29) is 0 Å². The van der Waals surface area contributed by atoms with Crippen LogP contribution >= 0.6 is 0 Å². The molecule has 2 rings (SSSR count). The predicted octanol–water partition coefficient (Wildman–Crippen LogP) is 2.71. The van der Waals surface area contributed by atoms with Crippen LogP contribution in [-0.4, -0.2) is 0 Å². The van der Waals surface area contributed by atoms with Crippen molar-refractivity contribution in [3.05, 3.63) is 22.8 Å². The highest BCUT2D eigenvalue weighted by molar-refractivity contribution is 5.41. The van der Waals surface area contributed by atoms with Crippen LogP contribution < -0.4 is 0 Å². The van der Waals surface area contributed by atoms with Gasteiger partial charge in [0.05, 0.1) is 6.07 Å². The van der Waals surface area contributed by atoms with Gasteiger partial charge in [0.1, 0.15) is 0 Å². The molecule has 0 saturated heterocycles. The van der Waals surface area contributed by atoms with E-state index in [1.54, 1.807) is 5.57 Å². The molecular weight excluding hydrogens is 134 g/mol. The standard InChI is InChI=1S/C10H11N/c11-7-8-4-5-9-2-1-3-10(9)6-8/h6H,1-5H2. The average molecular weight is 145 g/mol. The van der Waals surface area contributed by atoms with Gasteiger partial charge in [0.15, 0.2) is 0 Å². The largest absolute Gasteiger partial charge is 0.193 e. The van der Waals surface area contributed by atoms with Gasteiger partial charge in [-0.3, -0.25) is 0 Å². The number of nitriles is 1. The number of hydrogen-bond donors (Lipinski definition) is 0. The van der Waals surface area contributed by atoms with Crippen LogP contribution in [0.4, 0.5) is 0 Å². The van der Waals surface area contributed by atoms with Gasteiger partial charge in [0.25, 0.3) is 0 Å². The van der Waals surface area contributed by atoms with Crippen molar-refractivity contribution in [2.45, 2.75) is 32.1 Å². The molecule has 0 aromatic carbocycles.